The molecule has 0 bridgehead atoms. The SMILES string of the molecule is CS(=O)(=O)c1cc(F)cc2cc(C(=O)[O-])[nH]c12. The summed E-state index contributed by atoms with van der Waals surface area (Å²) < 4.78 is 36.1. The van der Waals surface area contributed by atoms with Gasteiger partial charge < -0.3 is 14.9 Å². The summed E-state index contributed by atoms with van der Waals surface area (Å²) in [6.07, 6.45) is 0.917. The smallest absolute Gasteiger partial charge is 0.177 e. The number of aromatic nitrogens is 1. The van der Waals surface area contributed by atoms with Gasteiger partial charge in [0.2, 0.25) is 0 Å². The molecule has 17 heavy (non-hydrogen) atoms. The molecule has 2 rings (SSSR count). The number of hydrogen-bond donors (Lipinski definition) is 1. The zero-order chi connectivity index (χ0) is 12.8. The Bertz CT molecular complexity index is 717. The minimum Gasteiger partial charge on any atom is -0.543 e. The molecule has 0 spiro atoms. The molecule has 0 aliphatic rings. The lowest BCUT2D eigenvalue weighted by atomic mass is 10.2. The first kappa shape index (κ1) is 11.6. The van der Waals surface area contributed by atoms with E-state index in [1.807, 2.05) is 0 Å². The quantitative estimate of drug-likeness (QED) is 0.823. The molecule has 0 aliphatic carbocycles. The van der Waals surface area contributed by atoms with Crippen LogP contribution in [-0.4, -0.2) is 25.6 Å². The molecule has 0 unspecified atom stereocenters. The van der Waals surface area contributed by atoms with Crippen molar-refractivity contribution < 1.29 is 22.7 Å². The van der Waals surface area contributed by atoms with Gasteiger partial charge in [-0.3, -0.25) is 0 Å². The number of carbonyl (C=O) groups excluding carboxylic acids is 1. The van der Waals surface area contributed by atoms with Crippen molar-refractivity contribution in [3.05, 3.63) is 29.7 Å². The fourth-order valence-corrected chi connectivity index (χ4v) is 2.44. The second kappa shape index (κ2) is 3.56. The van der Waals surface area contributed by atoms with Gasteiger partial charge in [0.25, 0.3) is 0 Å². The first-order valence-corrected chi connectivity index (χ1v) is 6.42. The van der Waals surface area contributed by atoms with Gasteiger partial charge in [0.05, 0.1) is 22.1 Å². The van der Waals surface area contributed by atoms with Gasteiger partial charge >= 0.3 is 0 Å². The van der Waals surface area contributed by atoms with Crippen LogP contribution in [-0.2, 0) is 9.84 Å². The number of nitrogens with one attached hydrogen (secondary N) is 1. The maximum absolute atomic E-state index is 13.2. The van der Waals surface area contributed by atoms with Crippen LogP contribution in [0.1, 0.15) is 10.5 Å². The third-order valence-electron chi connectivity index (χ3n) is 2.28. The van der Waals surface area contributed by atoms with Crippen LogP contribution in [0.4, 0.5) is 4.39 Å². The van der Waals surface area contributed by atoms with E-state index in [0.717, 1.165) is 24.5 Å². The van der Waals surface area contributed by atoms with Gasteiger partial charge in [-0.1, -0.05) is 0 Å². The average molecular weight is 256 g/mol. The second-order valence-electron chi connectivity index (χ2n) is 3.61. The number of sulfone groups is 1. The van der Waals surface area contributed by atoms with Gasteiger partial charge in [-0.05, 0) is 18.2 Å². The number of fused-ring (bicyclic) bond motifs is 1. The van der Waals surface area contributed by atoms with Crippen molar-refractivity contribution in [3.8, 4) is 0 Å². The van der Waals surface area contributed by atoms with E-state index in [4.69, 9.17) is 0 Å². The predicted octanol–water partition coefficient (Wildman–Crippen LogP) is 0.0740. The lowest BCUT2D eigenvalue weighted by Gasteiger charge is -2.01. The minimum atomic E-state index is -3.65. The average Bonchev–Trinajstić information content (AvgIpc) is 2.58. The Hall–Kier alpha value is -1.89. The highest BCUT2D eigenvalue weighted by Gasteiger charge is 2.16. The fourth-order valence-electron chi connectivity index (χ4n) is 1.58. The van der Waals surface area contributed by atoms with Crippen LogP contribution in [0, 0.1) is 5.82 Å². The van der Waals surface area contributed by atoms with Gasteiger partial charge in [-0.15, -0.1) is 0 Å². The van der Waals surface area contributed by atoms with E-state index in [0.29, 0.717) is 0 Å². The van der Waals surface area contributed by atoms with Crippen molar-refractivity contribution in [2.24, 2.45) is 0 Å². The molecule has 1 heterocycles. The van der Waals surface area contributed by atoms with E-state index < -0.39 is 21.6 Å². The van der Waals surface area contributed by atoms with Crippen LogP contribution >= 0.6 is 0 Å². The number of rotatable bonds is 2. The third kappa shape index (κ3) is 2.01. The molecule has 0 atom stereocenters. The molecule has 90 valence electrons. The Balaban J connectivity index is 2.89. The maximum Gasteiger partial charge on any atom is 0.177 e. The summed E-state index contributed by atoms with van der Waals surface area (Å²) in [5.41, 5.74) is -0.233. The van der Waals surface area contributed by atoms with E-state index in [2.05, 4.69) is 4.98 Å². The molecular formula is C10H7FNO4S-. The highest BCUT2D eigenvalue weighted by atomic mass is 32.2. The van der Waals surface area contributed by atoms with Gasteiger partial charge in [-0.2, -0.15) is 0 Å². The van der Waals surface area contributed by atoms with Gasteiger partial charge in [0, 0.05) is 11.6 Å². The van der Waals surface area contributed by atoms with Crippen molar-refractivity contribution in [1.82, 2.24) is 4.98 Å². The molecule has 5 nitrogen and oxygen atoms in total. The fraction of sp³-hybridized carbons (Fsp3) is 0.100. The van der Waals surface area contributed by atoms with Crippen LogP contribution in [0.5, 0.6) is 0 Å². The van der Waals surface area contributed by atoms with Crippen molar-refractivity contribution >= 4 is 26.7 Å². The second-order valence-corrected chi connectivity index (χ2v) is 5.59. The molecule has 1 N–H and O–H groups in total. The Kier molecular flexibility index (Phi) is 2.43. The van der Waals surface area contributed by atoms with Crippen LogP contribution in [0.25, 0.3) is 10.9 Å². The van der Waals surface area contributed by atoms with Gasteiger partial charge in [-0.25, -0.2) is 12.8 Å². The van der Waals surface area contributed by atoms with Crippen LogP contribution in [0.3, 0.4) is 0 Å². The summed E-state index contributed by atoms with van der Waals surface area (Å²) in [5, 5.41) is 10.8. The Morgan fingerprint density at radius 1 is 1.35 bits per heavy atom. The van der Waals surface area contributed by atoms with Crippen LogP contribution in [0.2, 0.25) is 0 Å². The summed E-state index contributed by atoms with van der Waals surface area (Å²) in [7, 11) is -3.65. The predicted molar refractivity (Wildman–Crippen MR) is 55.7 cm³/mol. The first-order chi connectivity index (χ1) is 7.79. The topological polar surface area (TPSA) is 90.1 Å². The summed E-state index contributed by atoms with van der Waals surface area (Å²) >= 11 is 0. The molecule has 0 saturated carbocycles. The molecule has 0 amide bonds. The largest absolute Gasteiger partial charge is 0.543 e. The van der Waals surface area contributed by atoms with Crippen molar-refractivity contribution in [3.63, 3.8) is 0 Å². The van der Waals surface area contributed by atoms with Crippen molar-refractivity contribution in [1.29, 1.82) is 0 Å². The summed E-state index contributed by atoms with van der Waals surface area (Å²) in [6.45, 7) is 0. The van der Waals surface area contributed by atoms with E-state index in [9.17, 15) is 22.7 Å². The van der Waals surface area contributed by atoms with Crippen LogP contribution < -0.4 is 5.11 Å². The number of halogens is 1. The van der Waals surface area contributed by atoms with E-state index in [1.54, 1.807) is 0 Å². The molecule has 0 fully saturated rings. The minimum absolute atomic E-state index is 0.0631. The summed E-state index contributed by atoms with van der Waals surface area (Å²) in [4.78, 5) is 12.7. The number of aromatic amines is 1. The monoisotopic (exact) mass is 256 g/mol. The van der Waals surface area contributed by atoms with Gasteiger partial charge in [0.1, 0.15) is 5.82 Å². The van der Waals surface area contributed by atoms with Crippen molar-refractivity contribution in [2.45, 2.75) is 4.90 Å². The standard InChI is InChI=1S/C10H8FNO4S/c1-17(15,16)8-4-6(11)2-5-3-7(10(13)14)12-9(5)8/h2-4,12H,1H3,(H,13,14)/p-1. The van der Waals surface area contributed by atoms with Crippen molar-refractivity contribution in [2.75, 3.05) is 6.26 Å². The number of hydrogen-bond acceptors (Lipinski definition) is 4. The Morgan fingerprint density at radius 3 is 2.53 bits per heavy atom. The number of benzene rings is 1. The number of carbonyl (C=O) groups is 1. The molecule has 1 aromatic carbocycles. The number of aromatic carboxylic acids is 1. The molecule has 0 aliphatic heterocycles. The first-order valence-electron chi connectivity index (χ1n) is 4.52. The Morgan fingerprint density at radius 2 is 2.00 bits per heavy atom. The molecule has 2 aromatic rings. The summed E-state index contributed by atoms with van der Waals surface area (Å²) in [5.74, 6) is -2.23. The van der Waals surface area contributed by atoms with E-state index in [-0.39, 0.29) is 21.5 Å². The van der Waals surface area contributed by atoms with E-state index >= 15 is 0 Å². The normalized spacial score (nSPS) is 11.9. The van der Waals surface area contributed by atoms with E-state index in [1.165, 1.54) is 0 Å². The zero-order valence-electron chi connectivity index (χ0n) is 8.65. The van der Waals surface area contributed by atoms with Crippen LogP contribution in [0.15, 0.2) is 23.1 Å². The highest BCUT2D eigenvalue weighted by molar-refractivity contribution is 7.91. The lowest BCUT2D eigenvalue weighted by Crippen LogP contribution is -2.22. The Labute approximate surface area is 95.8 Å². The third-order valence-corrected chi connectivity index (χ3v) is 3.40. The highest BCUT2D eigenvalue weighted by Crippen LogP contribution is 2.24. The number of H-pyrrole nitrogens is 1. The number of carboxylic acid groups (broad SMARTS) is 1. The molecule has 1 aromatic heterocycles. The molecular weight excluding hydrogens is 249 g/mol. The molecule has 7 heteroatoms. The van der Waals surface area contributed by atoms with Gasteiger partial charge in [0.15, 0.2) is 9.84 Å². The zero-order valence-corrected chi connectivity index (χ0v) is 9.47. The summed E-state index contributed by atoms with van der Waals surface area (Å²) in [6, 6.07) is 3.02. The maximum atomic E-state index is 13.2. The number of carboxylic acids is 1. The molecule has 0 saturated heterocycles. The molecule has 0 radical (unpaired) electrons. The lowest BCUT2D eigenvalue weighted by molar-refractivity contribution is -0.255.